The molecular formula is C14H27ClO5. The molecule has 0 aromatic heterocycles. The van der Waals surface area contributed by atoms with E-state index in [9.17, 15) is 4.79 Å². The second kappa shape index (κ2) is 16.7. The van der Waals surface area contributed by atoms with Crippen LogP contribution in [0.25, 0.3) is 0 Å². The fourth-order valence-electron chi connectivity index (χ4n) is 1.45. The first kappa shape index (κ1) is 19.6. The van der Waals surface area contributed by atoms with Crippen molar-refractivity contribution in [2.24, 2.45) is 0 Å². The van der Waals surface area contributed by atoms with Crippen molar-refractivity contribution >= 4 is 17.6 Å². The molecule has 0 bridgehead atoms. The number of methoxy groups -OCH3 is 1. The number of halogens is 1. The Hall–Kier alpha value is -0.360. The Morgan fingerprint density at radius 3 is 1.95 bits per heavy atom. The minimum Gasteiger partial charge on any atom is -0.469 e. The monoisotopic (exact) mass is 310 g/mol. The zero-order chi connectivity index (χ0) is 14.9. The number of ether oxygens (including phenoxy) is 4. The molecular weight excluding hydrogens is 284 g/mol. The lowest BCUT2D eigenvalue weighted by atomic mass is 10.2. The number of esters is 1. The molecule has 0 unspecified atom stereocenters. The summed E-state index contributed by atoms with van der Waals surface area (Å²) in [6.07, 6.45) is 4.78. The van der Waals surface area contributed by atoms with Crippen LogP contribution < -0.4 is 0 Å². The van der Waals surface area contributed by atoms with E-state index in [1.807, 2.05) is 0 Å². The smallest absolute Gasteiger partial charge is 0.307 e. The highest BCUT2D eigenvalue weighted by molar-refractivity contribution is 6.17. The molecule has 0 spiro atoms. The van der Waals surface area contributed by atoms with Crippen molar-refractivity contribution in [3.05, 3.63) is 0 Å². The van der Waals surface area contributed by atoms with Gasteiger partial charge in [0.15, 0.2) is 0 Å². The average Bonchev–Trinajstić information content (AvgIpc) is 2.47. The van der Waals surface area contributed by atoms with Crippen LogP contribution in [0.3, 0.4) is 0 Å². The summed E-state index contributed by atoms with van der Waals surface area (Å²) in [6, 6.07) is 0. The number of unbranched alkanes of at least 4 members (excludes halogenated alkanes) is 3. The van der Waals surface area contributed by atoms with Crippen LogP contribution in [0.2, 0.25) is 0 Å². The Morgan fingerprint density at radius 1 is 0.800 bits per heavy atom. The first-order valence-electron chi connectivity index (χ1n) is 7.17. The lowest BCUT2D eigenvalue weighted by molar-refractivity contribution is -0.141. The van der Waals surface area contributed by atoms with Crippen LogP contribution in [0.4, 0.5) is 0 Å². The van der Waals surface area contributed by atoms with E-state index in [-0.39, 0.29) is 12.4 Å². The summed E-state index contributed by atoms with van der Waals surface area (Å²) in [5.74, 6) is 0.488. The number of alkyl halides is 1. The fourth-order valence-corrected chi connectivity index (χ4v) is 1.64. The summed E-state index contributed by atoms with van der Waals surface area (Å²) in [4.78, 5) is 10.8. The normalized spacial score (nSPS) is 10.7. The van der Waals surface area contributed by atoms with Crippen LogP contribution in [0.5, 0.6) is 0 Å². The predicted molar refractivity (Wildman–Crippen MR) is 78.3 cm³/mol. The first-order valence-corrected chi connectivity index (χ1v) is 7.70. The molecule has 0 amide bonds. The van der Waals surface area contributed by atoms with E-state index in [1.54, 1.807) is 0 Å². The molecule has 0 aliphatic rings. The number of carbonyl (C=O) groups excluding carboxylic acids is 1. The molecule has 5 nitrogen and oxygen atoms in total. The summed E-state index contributed by atoms with van der Waals surface area (Å²) < 4.78 is 20.5. The Balaban J connectivity index is 2.97. The van der Waals surface area contributed by atoms with Gasteiger partial charge in [0.25, 0.3) is 0 Å². The van der Waals surface area contributed by atoms with Gasteiger partial charge in [0.1, 0.15) is 0 Å². The summed E-state index contributed by atoms with van der Waals surface area (Å²) in [6.45, 7) is 3.32. The van der Waals surface area contributed by atoms with Crippen molar-refractivity contribution in [1.29, 1.82) is 0 Å². The van der Waals surface area contributed by atoms with Crippen molar-refractivity contribution in [2.45, 2.75) is 32.1 Å². The number of rotatable bonds is 15. The van der Waals surface area contributed by atoms with Crippen molar-refractivity contribution in [2.75, 3.05) is 52.6 Å². The van der Waals surface area contributed by atoms with E-state index >= 15 is 0 Å². The molecule has 6 heteroatoms. The Kier molecular flexibility index (Phi) is 16.4. The second-order valence-electron chi connectivity index (χ2n) is 4.27. The lowest BCUT2D eigenvalue weighted by Crippen LogP contribution is -2.12. The average molecular weight is 311 g/mol. The van der Waals surface area contributed by atoms with E-state index in [0.29, 0.717) is 33.0 Å². The SMILES string of the molecule is COC(=O)CCOCCOCCOCCCCCCCl. The van der Waals surface area contributed by atoms with Crippen molar-refractivity contribution < 1.29 is 23.7 Å². The maximum absolute atomic E-state index is 10.8. The molecule has 0 saturated heterocycles. The van der Waals surface area contributed by atoms with Gasteiger partial charge in [0.05, 0.1) is 46.6 Å². The Bertz CT molecular complexity index is 214. The summed E-state index contributed by atoms with van der Waals surface area (Å²) in [7, 11) is 1.36. The topological polar surface area (TPSA) is 54.0 Å². The molecule has 0 aromatic carbocycles. The lowest BCUT2D eigenvalue weighted by Gasteiger charge is -2.06. The molecule has 0 radical (unpaired) electrons. The van der Waals surface area contributed by atoms with Crippen LogP contribution in [0, 0.1) is 0 Å². The van der Waals surface area contributed by atoms with Gasteiger partial charge < -0.3 is 18.9 Å². The van der Waals surface area contributed by atoms with Gasteiger partial charge in [-0.3, -0.25) is 4.79 Å². The van der Waals surface area contributed by atoms with Gasteiger partial charge >= 0.3 is 5.97 Å². The predicted octanol–water partition coefficient (Wildman–Crippen LogP) is 2.40. The molecule has 0 N–H and O–H groups in total. The minimum atomic E-state index is -0.259. The van der Waals surface area contributed by atoms with E-state index in [4.69, 9.17) is 25.8 Å². The molecule has 20 heavy (non-hydrogen) atoms. The zero-order valence-corrected chi connectivity index (χ0v) is 13.2. The van der Waals surface area contributed by atoms with Gasteiger partial charge in [0.2, 0.25) is 0 Å². The van der Waals surface area contributed by atoms with Crippen LogP contribution >= 0.6 is 11.6 Å². The highest BCUT2D eigenvalue weighted by atomic mass is 35.5. The largest absolute Gasteiger partial charge is 0.469 e. The van der Waals surface area contributed by atoms with Gasteiger partial charge in [-0.1, -0.05) is 12.8 Å². The summed E-state index contributed by atoms with van der Waals surface area (Å²) in [5.41, 5.74) is 0. The van der Waals surface area contributed by atoms with Crippen molar-refractivity contribution in [3.8, 4) is 0 Å². The molecule has 0 rings (SSSR count). The molecule has 0 aliphatic carbocycles. The standard InChI is InChI=1S/C14H27ClO5/c1-17-14(16)6-9-19-11-13-20-12-10-18-8-5-3-2-4-7-15/h2-13H2,1H3. The number of carbonyl (C=O) groups is 1. The maximum Gasteiger partial charge on any atom is 0.307 e. The Labute approximate surface area is 126 Å². The van der Waals surface area contributed by atoms with Crippen LogP contribution in [0.15, 0.2) is 0 Å². The van der Waals surface area contributed by atoms with Gasteiger partial charge in [-0.05, 0) is 12.8 Å². The first-order chi connectivity index (χ1) is 9.81. The highest BCUT2D eigenvalue weighted by Gasteiger charge is 1.99. The molecule has 0 aromatic rings. The van der Waals surface area contributed by atoms with Crippen molar-refractivity contribution in [3.63, 3.8) is 0 Å². The summed E-state index contributed by atoms with van der Waals surface area (Å²) in [5, 5.41) is 0. The van der Waals surface area contributed by atoms with Gasteiger partial charge in [-0.2, -0.15) is 0 Å². The molecule has 0 aliphatic heterocycles. The number of hydrogen-bond acceptors (Lipinski definition) is 5. The van der Waals surface area contributed by atoms with Crippen LogP contribution in [0.1, 0.15) is 32.1 Å². The van der Waals surface area contributed by atoms with Crippen LogP contribution in [-0.4, -0.2) is 58.6 Å². The van der Waals surface area contributed by atoms with Crippen molar-refractivity contribution in [1.82, 2.24) is 0 Å². The van der Waals surface area contributed by atoms with Gasteiger partial charge in [-0.15, -0.1) is 11.6 Å². The Morgan fingerprint density at radius 2 is 1.35 bits per heavy atom. The van der Waals surface area contributed by atoms with Gasteiger partial charge in [-0.25, -0.2) is 0 Å². The third kappa shape index (κ3) is 15.7. The van der Waals surface area contributed by atoms with E-state index in [1.165, 1.54) is 20.0 Å². The minimum absolute atomic E-state index is 0.259. The third-order valence-corrected chi connectivity index (χ3v) is 2.86. The van der Waals surface area contributed by atoms with Crippen LogP contribution in [-0.2, 0) is 23.7 Å². The molecule has 0 fully saturated rings. The maximum atomic E-state index is 10.8. The third-order valence-electron chi connectivity index (χ3n) is 2.59. The van der Waals surface area contributed by atoms with E-state index in [2.05, 4.69) is 4.74 Å². The fraction of sp³-hybridized carbons (Fsp3) is 0.929. The summed E-state index contributed by atoms with van der Waals surface area (Å²) >= 11 is 5.59. The van der Waals surface area contributed by atoms with E-state index in [0.717, 1.165) is 25.3 Å². The second-order valence-corrected chi connectivity index (χ2v) is 4.64. The quantitative estimate of drug-likeness (QED) is 0.264. The van der Waals surface area contributed by atoms with Gasteiger partial charge in [0, 0.05) is 12.5 Å². The molecule has 0 heterocycles. The molecule has 120 valence electrons. The molecule has 0 saturated carbocycles. The zero-order valence-electron chi connectivity index (χ0n) is 12.4. The molecule has 0 atom stereocenters. The van der Waals surface area contributed by atoms with E-state index < -0.39 is 0 Å². The number of hydrogen-bond donors (Lipinski definition) is 0. The highest BCUT2D eigenvalue weighted by Crippen LogP contribution is 2.01.